The second-order valence-corrected chi connectivity index (χ2v) is 5.42. The number of rotatable bonds is 2. The van der Waals surface area contributed by atoms with Gasteiger partial charge in [0.2, 0.25) is 0 Å². The first-order valence-electron chi connectivity index (χ1n) is 3.99. The highest BCUT2D eigenvalue weighted by Crippen LogP contribution is 2.08. The third-order valence-electron chi connectivity index (χ3n) is 1.92. The van der Waals surface area contributed by atoms with Crippen molar-refractivity contribution in [3.63, 3.8) is 0 Å². The predicted octanol–water partition coefficient (Wildman–Crippen LogP) is 0.173. The summed E-state index contributed by atoms with van der Waals surface area (Å²) in [5.41, 5.74) is 0. The first-order valence-corrected chi connectivity index (χ1v) is 6.05. The van der Waals surface area contributed by atoms with Gasteiger partial charge in [-0.05, 0) is 19.4 Å². The van der Waals surface area contributed by atoms with Crippen LogP contribution < -0.4 is 5.32 Å². The molecule has 0 bridgehead atoms. The minimum atomic E-state index is -2.79. The molecule has 1 saturated heterocycles. The standard InChI is InChI=1S/C7H15NO2S/c1-11(9,10)6-7-4-2-3-5-8-7/h7-8H,2-6H2,1H3. The quantitative estimate of drug-likeness (QED) is 0.654. The number of hydrogen-bond donors (Lipinski definition) is 1. The summed E-state index contributed by atoms with van der Waals surface area (Å²) in [6.45, 7) is 0.972. The zero-order chi connectivity index (χ0) is 8.32. The molecule has 1 N–H and O–H groups in total. The minimum Gasteiger partial charge on any atom is -0.313 e. The van der Waals surface area contributed by atoms with Crippen LogP contribution in [0.5, 0.6) is 0 Å². The van der Waals surface area contributed by atoms with Crippen molar-refractivity contribution in [2.75, 3.05) is 18.6 Å². The summed E-state index contributed by atoms with van der Waals surface area (Å²) in [7, 11) is -2.79. The molecule has 0 spiro atoms. The minimum absolute atomic E-state index is 0.207. The number of sulfone groups is 1. The average Bonchev–Trinajstić information content (AvgIpc) is 1.85. The summed E-state index contributed by atoms with van der Waals surface area (Å²) < 4.78 is 21.7. The van der Waals surface area contributed by atoms with Crippen LogP contribution in [0.15, 0.2) is 0 Å². The molecule has 1 aliphatic rings. The van der Waals surface area contributed by atoms with Crippen LogP contribution in [0.25, 0.3) is 0 Å². The molecule has 0 aromatic rings. The summed E-state index contributed by atoms with van der Waals surface area (Å²) in [6, 6.07) is 0.207. The van der Waals surface area contributed by atoms with Crippen molar-refractivity contribution < 1.29 is 8.42 Å². The lowest BCUT2D eigenvalue weighted by atomic mass is 10.1. The molecule has 0 amide bonds. The molecule has 1 rings (SSSR count). The van der Waals surface area contributed by atoms with E-state index in [-0.39, 0.29) is 6.04 Å². The molecule has 0 aromatic carbocycles. The largest absolute Gasteiger partial charge is 0.313 e. The lowest BCUT2D eigenvalue weighted by Gasteiger charge is -2.22. The lowest BCUT2D eigenvalue weighted by Crippen LogP contribution is -2.38. The molecule has 3 nitrogen and oxygen atoms in total. The third-order valence-corrected chi connectivity index (χ3v) is 2.92. The Kier molecular flexibility index (Phi) is 2.90. The molecule has 1 heterocycles. The van der Waals surface area contributed by atoms with Crippen molar-refractivity contribution in [3.8, 4) is 0 Å². The number of nitrogens with one attached hydrogen (secondary N) is 1. The van der Waals surface area contributed by atoms with Crippen molar-refractivity contribution in [2.24, 2.45) is 0 Å². The van der Waals surface area contributed by atoms with E-state index in [0.29, 0.717) is 5.75 Å². The molecule has 0 aromatic heterocycles. The van der Waals surface area contributed by atoms with E-state index in [1.165, 1.54) is 12.7 Å². The second kappa shape index (κ2) is 3.54. The maximum atomic E-state index is 10.9. The van der Waals surface area contributed by atoms with E-state index in [1.807, 2.05) is 0 Å². The topological polar surface area (TPSA) is 46.2 Å². The van der Waals surface area contributed by atoms with E-state index < -0.39 is 9.84 Å². The smallest absolute Gasteiger partial charge is 0.148 e. The monoisotopic (exact) mass is 177 g/mol. The van der Waals surface area contributed by atoms with Crippen LogP contribution in [0, 0.1) is 0 Å². The average molecular weight is 177 g/mol. The fourth-order valence-electron chi connectivity index (χ4n) is 1.43. The Morgan fingerprint density at radius 2 is 2.18 bits per heavy atom. The first-order chi connectivity index (χ1) is 5.08. The fourth-order valence-corrected chi connectivity index (χ4v) is 2.45. The van der Waals surface area contributed by atoms with Gasteiger partial charge in [-0.3, -0.25) is 0 Å². The summed E-state index contributed by atoms with van der Waals surface area (Å²) in [4.78, 5) is 0. The Bertz CT molecular complexity index is 204. The van der Waals surface area contributed by atoms with E-state index >= 15 is 0 Å². The van der Waals surface area contributed by atoms with Gasteiger partial charge < -0.3 is 5.32 Å². The highest BCUT2D eigenvalue weighted by Gasteiger charge is 2.16. The highest BCUT2D eigenvalue weighted by molar-refractivity contribution is 7.90. The zero-order valence-electron chi connectivity index (χ0n) is 6.84. The first kappa shape index (κ1) is 9.00. The predicted molar refractivity (Wildman–Crippen MR) is 45.4 cm³/mol. The third kappa shape index (κ3) is 3.72. The molecule has 0 radical (unpaired) electrons. The van der Waals surface area contributed by atoms with Gasteiger partial charge in [0, 0.05) is 12.3 Å². The van der Waals surface area contributed by atoms with Crippen LogP contribution in [0.3, 0.4) is 0 Å². The second-order valence-electron chi connectivity index (χ2n) is 3.24. The Labute approximate surface area is 68.1 Å². The van der Waals surface area contributed by atoms with Crippen LogP contribution in [-0.4, -0.2) is 33.0 Å². The van der Waals surface area contributed by atoms with Crippen LogP contribution in [-0.2, 0) is 9.84 Å². The molecule has 4 heteroatoms. The van der Waals surface area contributed by atoms with Gasteiger partial charge in [-0.15, -0.1) is 0 Å². The van der Waals surface area contributed by atoms with Crippen LogP contribution in [0.2, 0.25) is 0 Å². The normalized spacial score (nSPS) is 26.8. The SMILES string of the molecule is CS(=O)(=O)CC1CCCCN1. The van der Waals surface area contributed by atoms with Crippen molar-refractivity contribution in [1.29, 1.82) is 0 Å². The zero-order valence-corrected chi connectivity index (χ0v) is 7.65. The summed E-state index contributed by atoms with van der Waals surface area (Å²) in [5, 5.41) is 3.20. The van der Waals surface area contributed by atoms with Gasteiger partial charge in [-0.1, -0.05) is 6.42 Å². The van der Waals surface area contributed by atoms with Crippen LogP contribution in [0.4, 0.5) is 0 Å². The van der Waals surface area contributed by atoms with Crippen LogP contribution in [0.1, 0.15) is 19.3 Å². The Morgan fingerprint density at radius 1 is 1.45 bits per heavy atom. The number of hydrogen-bond acceptors (Lipinski definition) is 3. The summed E-state index contributed by atoms with van der Waals surface area (Å²) >= 11 is 0. The Balaban J connectivity index is 2.36. The van der Waals surface area contributed by atoms with E-state index in [4.69, 9.17) is 0 Å². The molecule has 1 aliphatic heterocycles. The molecule has 1 fully saturated rings. The molecular weight excluding hydrogens is 162 g/mol. The van der Waals surface area contributed by atoms with Crippen molar-refractivity contribution in [2.45, 2.75) is 25.3 Å². The molecular formula is C7H15NO2S. The molecule has 1 atom stereocenters. The Morgan fingerprint density at radius 3 is 2.64 bits per heavy atom. The molecule has 0 saturated carbocycles. The van der Waals surface area contributed by atoms with E-state index in [9.17, 15) is 8.42 Å². The maximum Gasteiger partial charge on any atom is 0.148 e. The Hall–Kier alpha value is -0.0900. The summed E-state index contributed by atoms with van der Waals surface area (Å²) in [5.74, 6) is 0.299. The van der Waals surface area contributed by atoms with Gasteiger partial charge in [0.25, 0.3) is 0 Å². The van der Waals surface area contributed by atoms with Crippen LogP contribution >= 0.6 is 0 Å². The van der Waals surface area contributed by atoms with Gasteiger partial charge >= 0.3 is 0 Å². The van der Waals surface area contributed by atoms with Crippen molar-refractivity contribution >= 4 is 9.84 Å². The highest BCUT2D eigenvalue weighted by atomic mass is 32.2. The molecule has 0 aliphatic carbocycles. The van der Waals surface area contributed by atoms with Gasteiger partial charge in [0.05, 0.1) is 5.75 Å². The van der Waals surface area contributed by atoms with Crippen molar-refractivity contribution in [1.82, 2.24) is 5.32 Å². The van der Waals surface area contributed by atoms with E-state index in [2.05, 4.69) is 5.32 Å². The lowest BCUT2D eigenvalue weighted by molar-refractivity contribution is 0.424. The molecule has 11 heavy (non-hydrogen) atoms. The van der Waals surface area contributed by atoms with Crippen molar-refractivity contribution in [3.05, 3.63) is 0 Å². The van der Waals surface area contributed by atoms with E-state index in [1.54, 1.807) is 0 Å². The fraction of sp³-hybridized carbons (Fsp3) is 1.00. The van der Waals surface area contributed by atoms with E-state index in [0.717, 1.165) is 19.4 Å². The van der Waals surface area contributed by atoms with Gasteiger partial charge in [-0.2, -0.15) is 0 Å². The van der Waals surface area contributed by atoms with Gasteiger partial charge in [0.15, 0.2) is 0 Å². The molecule has 1 unspecified atom stereocenters. The van der Waals surface area contributed by atoms with Gasteiger partial charge in [0.1, 0.15) is 9.84 Å². The number of piperidine rings is 1. The van der Waals surface area contributed by atoms with Gasteiger partial charge in [-0.25, -0.2) is 8.42 Å². The summed E-state index contributed by atoms with van der Waals surface area (Å²) in [6.07, 6.45) is 4.64. The molecule has 66 valence electrons. The maximum absolute atomic E-state index is 10.9.